The van der Waals surface area contributed by atoms with Gasteiger partial charge in [0.15, 0.2) is 0 Å². The Kier molecular flexibility index (Phi) is 8.06. The number of amides is 2. The van der Waals surface area contributed by atoms with Gasteiger partial charge < -0.3 is 20.5 Å². The molecule has 0 spiro atoms. The van der Waals surface area contributed by atoms with Crippen LogP contribution in [0.5, 0.6) is 0 Å². The van der Waals surface area contributed by atoms with Crippen LogP contribution in [0.15, 0.2) is 48.5 Å². The van der Waals surface area contributed by atoms with Crippen molar-refractivity contribution in [3.63, 3.8) is 0 Å². The molecule has 35 heavy (non-hydrogen) atoms. The largest absolute Gasteiger partial charge is 0.481 e. The summed E-state index contributed by atoms with van der Waals surface area (Å²) in [7, 11) is 0. The molecule has 3 N–H and O–H groups in total. The molecule has 0 saturated heterocycles. The van der Waals surface area contributed by atoms with Crippen molar-refractivity contribution in [3.8, 4) is 11.1 Å². The Hall–Kier alpha value is -3.35. The van der Waals surface area contributed by atoms with Crippen molar-refractivity contribution in [1.29, 1.82) is 0 Å². The Bertz CT molecular complexity index is 1020. The summed E-state index contributed by atoms with van der Waals surface area (Å²) < 4.78 is 5.54. The molecule has 0 aliphatic heterocycles. The van der Waals surface area contributed by atoms with Crippen LogP contribution in [0.1, 0.15) is 62.5 Å². The molecular weight excluding hydrogens is 444 g/mol. The van der Waals surface area contributed by atoms with Crippen molar-refractivity contribution >= 4 is 18.0 Å². The van der Waals surface area contributed by atoms with Crippen LogP contribution in [0.3, 0.4) is 0 Å². The maximum absolute atomic E-state index is 12.7. The molecule has 4 rings (SSSR count). The summed E-state index contributed by atoms with van der Waals surface area (Å²) in [5.41, 5.74) is 4.67. The molecule has 2 aliphatic rings. The van der Waals surface area contributed by atoms with Crippen LogP contribution in [0.25, 0.3) is 11.1 Å². The van der Waals surface area contributed by atoms with Gasteiger partial charge >= 0.3 is 12.1 Å². The smallest absolute Gasteiger partial charge is 0.407 e. The molecule has 2 aromatic rings. The number of fused-ring (bicyclic) bond motifs is 3. The fourth-order valence-corrected chi connectivity index (χ4v) is 5.27. The Labute approximate surface area is 206 Å². The molecule has 0 radical (unpaired) electrons. The fourth-order valence-electron chi connectivity index (χ4n) is 5.27. The van der Waals surface area contributed by atoms with Crippen LogP contribution >= 0.6 is 0 Å². The van der Waals surface area contributed by atoms with Crippen molar-refractivity contribution in [2.24, 2.45) is 11.8 Å². The lowest BCUT2D eigenvalue weighted by atomic mass is 9.94. The number of benzene rings is 2. The van der Waals surface area contributed by atoms with Crippen LogP contribution in [0, 0.1) is 11.8 Å². The molecule has 7 nitrogen and oxygen atoms in total. The first-order valence-corrected chi connectivity index (χ1v) is 12.6. The summed E-state index contributed by atoms with van der Waals surface area (Å²) in [6.07, 6.45) is 4.02. The quantitative estimate of drug-likeness (QED) is 0.477. The minimum Gasteiger partial charge on any atom is -0.481 e. The molecule has 2 aliphatic carbocycles. The van der Waals surface area contributed by atoms with Crippen LogP contribution in [-0.2, 0) is 14.3 Å². The third-order valence-corrected chi connectivity index (χ3v) is 7.30. The zero-order chi connectivity index (χ0) is 24.8. The van der Waals surface area contributed by atoms with E-state index in [0.29, 0.717) is 25.8 Å². The van der Waals surface area contributed by atoms with Gasteiger partial charge in [0.05, 0.1) is 5.92 Å². The molecule has 7 heteroatoms. The van der Waals surface area contributed by atoms with E-state index < -0.39 is 18.0 Å². The van der Waals surface area contributed by atoms with Gasteiger partial charge in [0.2, 0.25) is 5.91 Å². The van der Waals surface area contributed by atoms with Gasteiger partial charge in [0.1, 0.15) is 6.61 Å². The Balaban J connectivity index is 1.23. The highest BCUT2D eigenvalue weighted by Crippen LogP contribution is 2.44. The van der Waals surface area contributed by atoms with Gasteiger partial charge in [-0.2, -0.15) is 0 Å². The van der Waals surface area contributed by atoms with E-state index in [1.807, 2.05) is 24.3 Å². The second-order valence-corrected chi connectivity index (χ2v) is 9.64. The molecule has 1 saturated carbocycles. The first kappa shape index (κ1) is 24.8. The van der Waals surface area contributed by atoms with Gasteiger partial charge in [0, 0.05) is 24.4 Å². The monoisotopic (exact) mass is 478 g/mol. The number of carbonyl (C=O) groups excluding carboxylic acids is 2. The van der Waals surface area contributed by atoms with Gasteiger partial charge in [-0.05, 0) is 41.5 Å². The maximum atomic E-state index is 12.7. The summed E-state index contributed by atoms with van der Waals surface area (Å²) in [6, 6.07) is 16.0. The average molecular weight is 479 g/mol. The average Bonchev–Trinajstić information content (AvgIpc) is 2.98. The molecule has 2 amide bonds. The Morgan fingerprint density at radius 2 is 1.60 bits per heavy atom. The number of carbonyl (C=O) groups is 3. The summed E-state index contributed by atoms with van der Waals surface area (Å²) >= 11 is 0. The van der Waals surface area contributed by atoms with Crippen molar-refractivity contribution in [3.05, 3.63) is 59.7 Å². The van der Waals surface area contributed by atoms with Crippen LogP contribution < -0.4 is 10.6 Å². The number of hydrogen-bond acceptors (Lipinski definition) is 4. The number of ether oxygens (including phenoxy) is 1. The lowest BCUT2D eigenvalue weighted by Crippen LogP contribution is -2.45. The van der Waals surface area contributed by atoms with Crippen molar-refractivity contribution < 1.29 is 24.2 Å². The van der Waals surface area contributed by atoms with Crippen molar-refractivity contribution in [2.75, 3.05) is 13.2 Å². The maximum Gasteiger partial charge on any atom is 0.407 e. The summed E-state index contributed by atoms with van der Waals surface area (Å²) in [5, 5.41) is 15.2. The summed E-state index contributed by atoms with van der Waals surface area (Å²) in [4.78, 5) is 36.6. The second kappa shape index (κ2) is 11.4. The highest BCUT2D eigenvalue weighted by atomic mass is 16.5. The van der Waals surface area contributed by atoms with Gasteiger partial charge in [-0.1, -0.05) is 74.7 Å². The molecule has 0 aromatic heterocycles. The zero-order valence-corrected chi connectivity index (χ0v) is 20.2. The Morgan fingerprint density at radius 1 is 0.971 bits per heavy atom. The number of nitrogens with one attached hydrogen (secondary N) is 2. The first-order valence-electron chi connectivity index (χ1n) is 12.6. The number of carboxylic acid groups (broad SMARTS) is 1. The highest BCUT2D eigenvalue weighted by Gasteiger charge is 2.32. The van der Waals surface area contributed by atoms with Crippen LogP contribution in [0.2, 0.25) is 0 Å². The zero-order valence-electron chi connectivity index (χ0n) is 20.2. The first-order chi connectivity index (χ1) is 17.0. The van der Waals surface area contributed by atoms with Crippen LogP contribution in [-0.4, -0.2) is 42.3 Å². The fraction of sp³-hybridized carbons (Fsp3) is 0.464. The van der Waals surface area contributed by atoms with Gasteiger partial charge in [-0.25, -0.2) is 4.79 Å². The van der Waals surface area contributed by atoms with Gasteiger partial charge in [0.25, 0.3) is 0 Å². The topological polar surface area (TPSA) is 105 Å². The number of aliphatic carboxylic acids is 1. The normalized spacial score (nSPS) is 20.1. The lowest BCUT2D eigenvalue weighted by molar-refractivity contribution is -0.143. The minimum absolute atomic E-state index is 0.000364. The number of carboxylic acids is 1. The van der Waals surface area contributed by atoms with Crippen LogP contribution in [0.4, 0.5) is 4.79 Å². The molecular formula is C28H34N2O5. The highest BCUT2D eigenvalue weighted by molar-refractivity contribution is 5.80. The third kappa shape index (κ3) is 5.84. The van der Waals surface area contributed by atoms with E-state index in [4.69, 9.17) is 4.74 Å². The lowest BCUT2D eigenvalue weighted by Gasteiger charge is -2.24. The summed E-state index contributed by atoms with van der Waals surface area (Å²) in [6.45, 7) is 2.34. The van der Waals surface area contributed by atoms with Crippen molar-refractivity contribution in [2.45, 2.75) is 57.4 Å². The van der Waals surface area contributed by atoms with E-state index in [1.54, 1.807) is 6.92 Å². The molecule has 3 atom stereocenters. The van der Waals surface area contributed by atoms with E-state index in [-0.39, 0.29) is 30.4 Å². The van der Waals surface area contributed by atoms with Gasteiger partial charge in [-0.3, -0.25) is 9.59 Å². The molecule has 2 aromatic carbocycles. The molecule has 0 heterocycles. The molecule has 186 valence electrons. The number of hydrogen-bond donors (Lipinski definition) is 3. The van der Waals surface area contributed by atoms with E-state index in [2.05, 4.69) is 34.9 Å². The standard InChI is InChI=1S/C28H34N2O5/c1-18(26(31)30-25-14-4-2-3-13-23(25)27(32)33)15-16-29-28(34)35-17-24-21-11-7-5-9-19(21)20-10-6-8-12-22(20)24/h5-12,18,23-25H,2-4,13-17H2,1H3,(H,29,34)(H,30,31)(H,32,33)/t18?,23-,25+/m1/s1. The van der Waals surface area contributed by atoms with Crippen molar-refractivity contribution in [1.82, 2.24) is 10.6 Å². The molecule has 1 fully saturated rings. The second-order valence-electron chi connectivity index (χ2n) is 9.64. The number of rotatable bonds is 8. The van der Waals surface area contributed by atoms with E-state index >= 15 is 0 Å². The number of alkyl carbamates (subject to hydrolysis) is 1. The minimum atomic E-state index is -0.846. The third-order valence-electron chi connectivity index (χ3n) is 7.30. The van der Waals surface area contributed by atoms with Gasteiger partial charge in [-0.15, -0.1) is 0 Å². The predicted octanol–water partition coefficient (Wildman–Crippen LogP) is 4.70. The molecule has 1 unspecified atom stereocenters. The predicted molar refractivity (Wildman–Crippen MR) is 133 cm³/mol. The van der Waals surface area contributed by atoms with E-state index in [9.17, 15) is 19.5 Å². The SMILES string of the molecule is CC(CCNC(=O)OCC1c2ccccc2-c2ccccc21)C(=O)N[C@H]1CCCCC[C@H]1C(=O)O. The van der Waals surface area contributed by atoms with E-state index in [0.717, 1.165) is 30.4 Å². The van der Waals surface area contributed by atoms with E-state index in [1.165, 1.54) is 11.1 Å². The summed E-state index contributed by atoms with van der Waals surface area (Å²) in [5.74, 6) is -1.90. The molecule has 0 bridgehead atoms. The Morgan fingerprint density at radius 3 is 2.26 bits per heavy atom.